The van der Waals surface area contributed by atoms with Gasteiger partial charge in [-0.1, -0.05) is 36.4 Å². The number of amides is 1. The van der Waals surface area contributed by atoms with E-state index in [9.17, 15) is 4.79 Å². The Bertz CT molecular complexity index is 678. The van der Waals surface area contributed by atoms with Crippen LogP contribution in [0.2, 0.25) is 0 Å². The molecule has 2 atom stereocenters. The van der Waals surface area contributed by atoms with Crippen molar-refractivity contribution in [1.29, 1.82) is 0 Å². The first-order chi connectivity index (χ1) is 10.3. The van der Waals surface area contributed by atoms with Gasteiger partial charge in [0.1, 0.15) is 5.69 Å². The third-order valence-electron chi connectivity index (χ3n) is 4.43. The molecule has 4 heteroatoms. The van der Waals surface area contributed by atoms with E-state index in [4.69, 9.17) is 0 Å². The average Bonchev–Trinajstić information content (AvgIpc) is 3.14. The molecule has 21 heavy (non-hydrogen) atoms. The van der Waals surface area contributed by atoms with Crippen LogP contribution in [0.1, 0.15) is 35.3 Å². The number of hydrogen-bond donors (Lipinski definition) is 0. The molecule has 2 aliphatic heterocycles. The summed E-state index contributed by atoms with van der Waals surface area (Å²) in [5, 5.41) is 1.85. The summed E-state index contributed by atoms with van der Waals surface area (Å²) in [6.07, 6.45) is 5.39. The molecule has 106 valence electrons. The van der Waals surface area contributed by atoms with Gasteiger partial charge in [-0.2, -0.15) is 0 Å². The summed E-state index contributed by atoms with van der Waals surface area (Å²) in [7, 11) is 0. The summed E-state index contributed by atoms with van der Waals surface area (Å²) in [5.74, 6) is 0.0899. The van der Waals surface area contributed by atoms with Crippen LogP contribution in [0.15, 0.2) is 47.3 Å². The highest BCUT2D eigenvalue weighted by atomic mass is 32.1. The molecule has 1 fully saturated rings. The smallest absolute Gasteiger partial charge is 0.274 e. The highest BCUT2D eigenvalue weighted by Gasteiger charge is 2.40. The third-order valence-corrected chi connectivity index (χ3v) is 5.01. The fourth-order valence-corrected chi connectivity index (χ4v) is 3.99. The van der Waals surface area contributed by atoms with Gasteiger partial charge in [-0.3, -0.25) is 4.79 Å². The number of carbonyl (C=O) groups excluding carboxylic acids is 1. The number of thiazole rings is 1. The van der Waals surface area contributed by atoms with Gasteiger partial charge in [0.25, 0.3) is 5.91 Å². The molecule has 0 aliphatic carbocycles. The van der Waals surface area contributed by atoms with Crippen molar-refractivity contribution in [3.63, 3.8) is 0 Å². The van der Waals surface area contributed by atoms with Crippen molar-refractivity contribution >= 4 is 22.8 Å². The Morgan fingerprint density at radius 2 is 2.10 bits per heavy atom. The number of nitrogens with zero attached hydrogens (tertiary/aromatic N) is 2. The Morgan fingerprint density at radius 1 is 1.24 bits per heavy atom. The number of fused-ring (bicyclic) bond motifs is 2. The molecule has 1 aromatic carbocycles. The molecule has 3 nitrogen and oxygen atoms in total. The molecule has 2 aromatic rings. The van der Waals surface area contributed by atoms with Gasteiger partial charge in [0.05, 0.1) is 11.6 Å². The second kappa shape index (κ2) is 5.11. The standard InChI is InChI=1S/C17H16N2OS/c20-17(16-10-21-11-18-16)19-14-6-7-15(19)9-13(8-14)12-4-2-1-3-5-12/h1-5,8,10-11,14-15H,6-7,9H2/t14-,15-/m1/s1. The first-order valence-electron chi connectivity index (χ1n) is 7.30. The van der Waals surface area contributed by atoms with E-state index in [2.05, 4.69) is 35.3 Å². The van der Waals surface area contributed by atoms with Crippen LogP contribution in [0.3, 0.4) is 0 Å². The van der Waals surface area contributed by atoms with Crippen molar-refractivity contribution in [3.05, 3.63) is 58.6 Å². The maximum atomic E-state index is 12.6. The van der Waals surface area contributed by atoms with Crippen molar-refractivity contribution in [3.8, 4) is 0 Å². The van der Waals surface area contributed by atoms with Crippen LogP contribution >= 0.6 is 11.3 Å². The molecule has 2 aliphatic rings. The number of benzene rings is 1. The fraction of sp³-hybridized carbons (Fsp3) is 0.294. The lowest BCUT2D eigenvalue weighted by atomic mass is 9.94. The molecule has 1 aromatic heterocycles. The zero-order chi connectivity index (χ0) is 14.2. The van der Waals surface area contributed by atoms with Crippen LogP contribution in [-0.2, 0) is 0 Å². The first-order valence-corrected chi connectivity index (χ1v) is 8.24. The number of carbonyl (C=O) groups is 1. The van der Waals surface area contributed by atoms with Gasteiger partial charge in [-0.25, -0.2) is 4.98 Å². The Labute approximate surface area is 127 Å². The molecular weight excluding hydrogens is 280 g/mol. The molecule has 0 radical (unpaired) electrons. The van der Waals surface area contributed by atoms with Gasteiger partial charge in [0, 0.05) is 11.4 Å². The fourth-order valence-electron chi connectivity index (χ4n) is 3.46. The van der Waals surface area contributed by atoms with E-state index in [0.29, 0.717) is 11.7 Å². The van der Waals surface area contributed by atoms with Crippen molar-refractivity contribution in [2.45, 2.75) is 31.3 Å². The van der Waals surface area contributed by atoms with Crippen molar-refractivity contribution in [2.75, 3.05) is 0 Å². The SMILES string of the molecule is O=C(c1cscn1)N1[C@@H]2CC[C@@H]1C=C(c1ccccc1)C2. The molecule has 0 spiro atoms. The summed E-state index contributed by atoms with van der Waals surface area (Å²) in [5.41, 5.74) is 4.98. The topological polar surface area (TPSA) is 33.2 Å². The maximum Gasteiger partial charge on any atom is 0.274 e. The monoisotopic (exact) mass is 296 g/mol. The van der Waals surface area contributed by atoms with Gasteiger partial charge in [0.15, 0.2) is 0 Å². The molecular formula is C17H16N2OS. The van der Waals surface area contributed by atoms with Crippen LogP contribution < -0.4 is 0 Å². The summed E-state index contributed by atoms with van der Waals surface area (Å²) in [4.78, 5) is 18.8. The molecule has 3 heterocycles. The van der Waals surface area contributed by atoms with Crippen LogP contribution in [-0.4, -0.2) is 27.9 Å². The summed E-state index contributed by atoms with van der Waals surface area (Å²) in [6, 6.07) is 11.1. The molecule has 0 unspecified atom stereocenters. The molecule has 2 bridgehead atoms. The molecule has 1 saturated heterocycles. The van der Waals surface area contributed by atoms with E-state index >= 15 is 0 Å². The van der Waals surface area contributed by atoms with E-state index < -0.39 is 0 Å². The van der Waals surface area contributed by atoms with Gasteiger partial charge >= 0.3 is 0 Å². The lowest BCUT2D eigenvalue weighted by Crippen LogP contribution is -2.43. The second-order valence-electron chi connectivity index (χ2n) is 5.65. The Balaban J connectivity index is 1.64. The highest BCUT2D eigenvalue weighted by molar-refractivity contribution is 7.07. The number of rotatable bonds is 2. The van der Waals surface area contributed by atoms with Gasteiger partial charge in [-0.05, 0) is 30.4 Å². The molecule has 1 amide bonds. The highest BCUT2D eigenvalue weighted by Crippen LogP contribution is 2.39. The molecule has 4 rings (SSSR count). The Kier molecular flexibility index (Phi) is 3.11. The van der Waals surface area contributed by atoms with E-state index in [1.807, 2.05) is 16.3 Å². The molecule has 0 saturated carbocycles. The van der Waals surface area contributed by atoms with E-state index in [1.165, 1.54) is 22.5 Å². The second-order valence-corrected chi connectivity index (χ2v) is 6.37. The van der Waals surface area contributed by atoms with Crippen LogP contribution in [0.4, 0.5) is 0 Å². The van der Waals surface area contributed by atoms with Crippen molar-refractivity contribution in [1.82, 2.24) is 9.88 Å². The summed E-state index contributed by atoms with van der Waals surface area (Å²) in [6.45, 7) is 0. The van der Waals surface area contributed by atoms with E-state index in [1.54, 1.807) is 5.51 Å². The first kappa shape index (κ1) is 12.8. The molecule has 0 N–H and O–H groups in total. The van der Waals surface area contributed by atoms with Crippen LogP contribution in [0.5, 0.6) is 0 Å². The van der Waals surface area contributed by atoms with Crippen LogP contribution in [0, 0.1) is 0 Å². The predicted octanol–water partition coefficient (Wildman–Crippen LogP) is 3.60. The maximum absolute atomic E-state index is 12.6. The zero-order valence-electron chi connectivity index (χ0n) is 11.6. The normalized spacial score (nSPS) is 24.0. The number of hydrogen-bond acceptors (Lipinski definition) is 3. The third kappa shape index (κ3) is 2.20. The van der Waals surface area contributed by atoms with Crippen LogP contribution in [0.25, 0.3) is 5.57 Å². The summed E-state index contributed by atoms with van der Waals surface area (Å²) >= 11 is 1.48. The predicted molar refractivity (Wildman–Crippen MR) is 84.1 cm³/mol. The largest absolute Gasteiger partial charge is 0.328 e. The zero-order valence-corrected chi connectivity index (χ0v) is 12.4. The van der Waals surface area contributed by atoms with E-state index in [-0.39, 0.29) is 11.9 Å². The van der Waals surface area contributed by atoms with Gasteiger partial charge < -0.3 is 4.90 Å². The average molecular weight is 296 g/mol. The minimum atomic E-state index is 0.0899. The van der Waals surface area contributed by atoms with Gasteiger partial charge in [-0.15, -0.1) is 11.3 Å². The summed E-state index contributed by atoms with van der Waals surface area (Å²) < 4.78 is 0. The lowest BCUT2D eigenvalue weighted by Gasteiger charge is -2.33. The number of aromatic nitrogens is 1. The minimum absolute atomic E-state index is 0.0899. The minimum Gasteiger partial charge on any atom is -0.328 e. The quantitative estimate of drug-likeness (QED) is 0.848. The lowest BCUT2D eigenvalue weighted by molar-refractivity contribution is 0.0687. The van der Waals surface area contributed by atoms with Crippen molar-refractivity contribution in [2.24, 2.45) is 0 Å². The van der Waals surface area contributed by atoms with E-state index in [0.717, 1.165) is 19.3 Å². The van der Waals surface area contributed by atoms with Gasteiger partial charge in [0.2, 0.25) is 0 Å². The Morgan fingerprint density at radius 3 is 2.81 bits per heavy atom. The van der Waals surface area contributed by atoms with Crippen molar-refractivity contribution < 1.29 is 4.79 Å². The Hall–Kier alpha value is -1.94.